The molecular formula is C35H29N3O4. The van der Waals surface area contributed by atoms with E-state index in [9.17, 15) is 9.59 Å². The molecule has 4 heterocycles. The molecule has 0 spiro atoms. The molecule has 1 aliphatic carbocycles. The smallest absolute Gasteiger partial charge is 0.253 e. The quantitative estimate of drug-likeness (QED) is 0.246. The second kappa shape index (κ2) is 8.53. The highest BCUT2D eigenvalue weighted by Crippen LogP contribution is 2.53. The van der Waals surface area contributed by atoms with Crippen molar-refractivity contribution >= 4 is 55.3 Å². The van der Waals surface area contributed by atoms with Gasteiger partial charge in [-0.2, -0.15) is 0 Å². The number of nitrogens with zero attached hydrogens (tertiary/aromatic N) is 3. The van der Waals surface area contributed by atoms with Crippen LogP contribution in [0.5, 0.6) is 0 Å². The van der Waals surface area contributed by atoms with Gasteiger partial charge in [0.05, 0.1) is 28.1 Å². The number of fused-ring (bicyclic) bond motifs is 13. The molecule has 0 saturated carbocycles. The Morgan fingerprint density at radius 3 is 2.24 bits per heavy atom. The molecule has 3 aliphatic rings. The van der Waals surface area contributed by atoms with Crippen molar-refractivity contribution in [2.24, 2.45) is 0 Å². The SMILES string of the molecule is CO[C@H]1C2OC(C[C@H]1N(C)C(=O)c1ccccc1)n1c3ccccc3c3c4c(c5c6ccccc6n2c5c31)CCC4=O. The third-order valence-electron chi connectivity index (χ3n) is 9.83. The van der Waals surface area contributed by atoms with Crippen LogP contribution in [0.2, 0.25) is 0 Å². The monoisotopic (exact) mass is 555 g/mol. The Labute approximate surface area is 241 Å². The molecule has 2 aliphatic heterocycles. The van der Waals surface area contributed by atoms with Gasteiger partial charge in [-0.1, -0.05) is 54.6 Å². The summed E-state index contributed by atoms with van der Waals surface area (Å²) in [5, 5.41) is 4.35. The van der Waals surface area contributed by atoms with Gasteiger partial charge in [0, 0.05) is 59.7 Å². The van der Waals surface area contributed by atoms with E-state index in [4.69, 9.17) is 9.47 Å². The number of carbonyl (C=O) groups is 2. The maximum atomic E-state index is 13.8. The van der Waals surface area contributed by atoms with E-state index in [0.29, 0.717) is 18.4 Å². The van der Waals surface area contributed by atoms with Crippen molar-refractivity contribution in [2.75, 3.05) is 14.2 Å². The average Bonchev–Trinajstić information content (AvgIpc) is 3.67. The Morgan fingerprint density at radius 2 is 1.50 bits per heavy atom. The van der Waals surface area contributed by atoms with Crippen molar-refractivity contribution in [2.45, 2.75) is 43.9 Å². The molecule has 1 amide bonds. The summed E-state index contributed by atoms with van der Waals surface area (Å²) in [6.07, 6.45) is 0.543. The molecular weight excluding hydrogens is 526 g/mol. The van der Waals surface area contributed by atoms with E-state index in [1.807, 2.05) is 54.4 Å². The molecule has 7 nitrogen and oxygen atoms in total. The summed E-state index contributed by atoms with van der Waals surface area (Å²) in [5.41, 5.74) is 6.85. The fourth-order valence-electron chi connectivity index (χ4n) is 8.10. The lowest BCUT2D eigenvalue weighted by molar-refractivity contribution is -0.203. The van der Waals surface area contributed by atoms with E-state index in [1.165, 1.54) is 0 Å². The van der Waals surface area contributed by atoms with Crippen LogP contribution in [-0.4, -0.2) is 52.0 Å². The number of likely N-dealkylation sites (N-methyl/N-ethyl adjacent to an activating group) is 1. The minimum Gasteiger partial charge on any atom is -0.375 e. The third kappa shape index (κ3) is 2.92. The van der Waals surface area contributed by atoms with Crippen molar-refractivity contribution in [1.29, 1.82) is 0 Å². The van der Waals surface area contributed by atoms with Crippen LogP contribution in [0.15, 0.2) is 78.9 Å². The van der Waals surface area contributed by atoms with Gasteiger partial charge in [0.15, 0.2) is 12.0 Å². The van der Waals surface area contributed by atoms with Crippen LogP contribution in [0.1, 0.15) is 51.6 Å². The summed E-state index contributed by atoms with van der Waals surface area (Å²) in [5.74, 6) is 0.161. The summed E-state index contributed by atoms with van der Waals surface area (Å²) >= 11 is 0. The van der Waals surface area contributed by atoms with Gasteiger partial charge < -0.3 is 23.5 Å². The number of ketones is 1. The molecule has 9 rings (SSSR count). The van der Waals surface area contributed by atoms with Gasteiger partial charge in [0.25, 0.3) is 5.91 Å². The zero-order chi connectivity index (χ0) is 28.3. The van der Waals surface area contributed by atoms with Gasteiger partial charge in [-0.05, 0) is 36.2 Å². The van der Waals surface area contributed by atoms with Crippen LogP contribution in [0.25, 0.3) is 43.6 Å². The number of carbonyl (C=O) groups excluding carboxylic acids is 2. The molecule has 208 valence electrons. The second-order valence-corrected chi connectivity index (χ2v) is 11.8. The number of para-hydroxylation sites is 2. The summed E-state index contributed by atoms with van der Waals surface area (Å²) in [7, 11) is 3.58. The summed E-state index contributed by atoms with van der Waals surface area (Å²) < 4.78 is 17.9. The summed E-state index contributed by atoms with van der Waals surface area (Å²) in [6.45, 7) is 0. The topological polar surface area (TPSA) is 65.7 Å². The highest BCUT2D eigenvalue weighted by atomic mass is 16.6. The fraction of sp³-hybridized carbons (Fsp3) is 0.257. The van der Waals surface area contributed by atoms with E-state index in [1.54, 1.807) is 7.11 Å². The maximum Gasteiger partial charge on any atom is 0.253 e. The number of aryl methyl sites for hydroxylation is 1. The largest absolute Gasteiger partial charge is 0.375 e. The number of hydrogen-bond acceptors (Lipinski definition) is 4. The normalized spacial score (nSPS) is 22.9. The van der Waals surface area contributed by atoms with Crippen molar-refractivity contribution in [1.82, 2.24) is 14.0 Å². The molecule has 0 N–H and O–H groups in total. The first-order chi connectivity index (χ1) is 20.6. The van der Waals surface area contributed by atoms with Gasteiger partial charge >= 0.3 is 0 Å². The predicted octanol–water partition coefficient (Wildman–Crippen LogP) is 6.62. The van der Waals surface area contributed by atoms with Gasteiger partial charge in [-0.3, -0.25) is 9.59 Å². The van der Waals surface area contributed by atoms with E-state index < -0.39 is 12.3 Å². The Bertz CT molecular complexity index is 2120. The van der Waals surface area contributed by atoms with Crippen LogP contribution in [0, 0.1) is 0 Å². The molecule has 2 aromatic heterocycles. The molecule has 7 heteroatoms. The maximum absolute atomic E-state index is 13.8. The Hall–Kier alpha value is -4.46. The van der Waals surface area contributed by atoms with Crippen molar-refractivity contribution in [3.8, 4) is 0 Å². The number of Topliss-reactive ketones (excluding diaryl/α,β-unsaturated/α-hetero) is 1. The number of ether oxygens (including phenoxy) is 2. The van der Waals surface area contributed by atoms with Crippen LogP contribution in [-0.2, 0) is 15.9 Å². The molecule has 2 unspecified atom stereocenters. The van der Waals surface area contributed by atoms with Crippen molar-refractivity contribution in [3.63, 3.8) is 0 Å². The Kier molecular flexibility index (Phi) is 4.91. The molecule has 4 aromatic carbocycles. The Morgan fingerprint density at radius 1 is 0.857 bits per heavy atom. The molecule has 42 heavy (non-hydrogen) atoms. The Balaban J connectivity index is 1.40. The zero-order valence-electron chi connectivity index (χ0n) is 23.4. The lowest BCUT2D eigenvalue weighted by atomic mass is 9.97. The van der Waals surface area contributed by atoms with E-state index in [0.717, 1.165) is 61.2 Å². The third-order valence-corrected chi connectivity index (χ3v) is 9.83. The summed E-state index contributed by atoms with van der Waals surface area (Å²) in [4.78, 5) is 29.2. The summed E-state index contributed by atoms with van der Waals surface area (Å²) in [6, 6.07) is 25.9. The number of hydrogen-bond donors (Lipinski definition) is 0. The van der Waals surface area contributed by atoms with Crippen molar-refractivity contribution < 1.29 is 19.1 Å². The lowest BCUT2D eigenvalue weighted by Gasteiger charge is -2.44. The number of amides is 1. The van der Waals surface area contributed by atoms with Crippen LogP contribution in [0.4, 0.5) is 0 Å². The number of aromatic nitrogens is 2. The van der Waals surface area contributed by atoms with Crippen molar-refractivity contribution in [3.05, 3.63) is 95.6 Å². The van der Waals surface area contributed by atoms with Gasteiger partial charge in [0.2, 0.25) is 0 Å². The first kappa shape index (κ1) is 24.2. The number of benzene rings is 4. The van der Waals surface area contributed by atoms with E-state index in [2.05, 4.69) is 45.5 Å². The van der Waals surface area contributed by atoms with Gasteiger partial charge in [-0.15, -0.1) is 0 Å². The molecule has 0 radical (unpaired) electrons. The highest BCUT2D eigenvalue weighted by Gasteiger charge is 2.48. The molecule has 1 saturated heterocycles. The second-order valence-electron chi connectivity index (χ2n) is 11.8. The highest BCUT2D eigenvalue weighted by molar-refractivity contribution is 6.31. The van der Waals surface area contributed by atoms with Crippen LogP contribution < -0.4 is 0 Å². The van der Waals surface area contributed by atoms with E-state index >= 15 is 0 Å². The minimum absolute atomic E-state index is 0.0478. The van der Waals surface area contributed by atoms with Gasteiger partial charge in [-0.25, -0.2) is 0 Å². The molecule has 6 aromatic rings. The number of methoxy groups -OCH3 is 1. The molecule has 2 bridgehead atoms. The zero-order valence-corrected chi connectivity index (χ0v) is 23.4. The number of rotatable bonds is 3. The first-order valence-electron chi connectivity index (χ1n) is 14.6. The lowest BCUT2D eigenvalue weighted by Crippen LogP contribution is -2.53. The minimum atomic E-state index is -0.482. The standard InChI is InChI=1S/C35H29N3O4/c1-36(34(40)19-10-4-3-5-11-19)25-18-27-37-23-14-8-7-13-21(23)30-29-22(16-17-26(29)39)28-20-12-6-9-15-24(20)38(31(28)32(30)37)35(42-27)33(25)41-2/h3-15,25,27,33,35H,16-18H2,1-2H3/t25-,27?,33-,35?/m1/s1. The molecule has 4 atom stereocenters. The molecule has 1 fully saturated rings. The van der Waals surface area contributed by atoms with Gasteiger partial charge in [0.1, 0.15) is 12.3 Å². The predicted molar refractivity (Wildman–Crippen MR) is 162 cm³/mol. The van der Waals surface area contributed by atoms with Crippen LogP contribution >= 0.6 is 0 Å². The average molecular weight is 556 g/mol. The van der Waals surface area contributed by atoms with E-state index in [-0.39, 0.29) is 24.0 Å². The van der Waals surface area contributed by atoms with Crippen LogP contribution in [0.3, 0.4) is 0 Å². The fourth-order valence-corrected chi connectivity index (χ4v) is 8.10. The first-order valence-corrected chi connectivity index (χ1v) is 14.6.